The average Bonchev–Trinajstić information content (AvgIpc) is 2.16. The SMILES string of the molecule is C[CH]C#CCCCCCCCCC. The van der Waals surface area contributed by atoms with Gasteiger partial charge in [-0.15, -0.1) is 5.92 Å². The summed E-state index contributed by atoms with van der Waals surface area (Å²) in [6, 6.07) is 0. The zero-order valence-electron chi connectivity index (χ0n) is 9.23. The van der Waals surface area contributed by atoms with Crippen LogP contribution in [0.25, 0.3) is 0 Å². The van der Waals surface area contributed by atoms with Gasteiger partial charge in [-0.1, -0.05) is 58.3 Å². The van der Waals surface area contributed by atoms with Crippen LogP contribution < -0.4 is 0 Å². The number of rotatable bonds is 7. The summed E-state index contributed by atoms with van der Waals surface area (Å²) in [4.78, 5) is 0. The van der Waals surface area contributed by atoms with Crippen LogP contribution in [0.4, 0.5) is 0 Å². The van der Waals surface area contributed by atoms with Crippen molar-refractivity contribution >= 4 is 0 Å². The van der Waals surface area contributed by atoms with Crippen LogP contribution in [-0.4, -0.2) is 0 Å². The summed E-state index contributed by atoms with van der Waals surface area (Å²) in [6.07, 6.45) is 12.6. The van der Waals surface area contributed by atoms with Crippen molar-refractivity contribution in [2.24, 2.45) is 0 Å². The van der Waals surface area contributed by atoms with Gasteiger partial charge in [0.05, 0.1) is 0 Å². The van der Waals surface area contributed by atoms with E-state index in [-0.39, 0.29) is 0 Å². The molecule has 0 atom stereocenters. The maximum absolute atomic E-state index is 3.13. The van der Waals surface area contributed by atoms with Crippen LogP contribution in [0.5, 0.6) is 0 Å². The fourth-order valence-corrected chi connectivity index (χ4v) is 1.34. The van der Waals surface area contributed by atoms with Gasteiger partial charge in [0, 0.05) is 12.8 Å². The normalized spacial score (nSPS) is 9.38. The summed E-state index contributed by atoms with van der Waals surface area (Å²) in [5, 5.41) is 0. The molecule has 0 heterocycles. The van der Waals surface area contributed by atoms with Gasteiger partial charge in [0.1, 0.15) is 0 Å². The van der Waals surface area contributed by atoms with Gasteiger partial charge >= 0.3 is 0 Å². The summed E-state index contributed by atoms with van der Waals surface area (Å²) in [6.45, 7) is 4.24. The first-order chi connectivity index (χ1) is 6.41. The quantitative estimate of drug-likeness (QED) is 0.402. The smallest absolute Gasteiger partial charge is 0.0309 e. The molecule has 0 nitrogen and oxygen atoms in total. The monoisotopic (exact) mass is 179 g/mol. The molecule has 1 radical (unpaired) electrons. The summed E-state index contributed by atoms with van der Waals surface area (Å²) in [5.74, 6) is 6.12. The predicted octanol–water partition coefficient (Wildman–Crippen LogP) is 4.35. The van der Waals surface area contributed by atoms with Crippen molar-refractivity contribution in [1.82, 2.24) is 0 Å². The highest BCUT2D eigenvalue weighted by molar-refractivity contribution is 5.07. The first kappa shape index (κ1) is 12.6. The molecule has 0 aliphatic heterocycles. The van der Waals surface area contributed by atoms with E-state index >= 15 is 0 Å². The second kappa shape index (κ2) is 11.6. The van der Waals surface area contributed by atoms with Crippen molar-refractivity contribution in [3.8, 4) is 11.8 Å². The Kier molecular flexibility index (Phi) is 11.2. The van der Waals surface area contributed by atoms with E-state index < -0.39 is 0 Å². The summed E-state index contributed by atoms with van der Waals surface area (Å²) in [5.41, 5.74) is 0. The molecule has 0 saturated carbocycles. The molecule has 0 unspecified atom stereocenters. The average molecular weight is 179 g/mol. The minimum Gasteiger partial charge on any atom is -0.103 e. The highest BCUT2D eigenvalue weighted by atomic mass is 13.9. The van der Waals surface area contributed by atoms with Crippen LogP contribution in [0.2, 0.25) is 0 Å². The van der Waals surface area contributed by atoms with Crippen molar-refractivity contribution in [3.05, 3.63) is 6.42 Å². The molecule has 0 saturated heterocycles. The molecule has 13 heavy (non-hydrogen) atoms. The second-order valence-electron chi connectivity index (χ2n) is 3.48. The minimum atomic E-state index is 1.08. The van der Waals surface area contributed by atoms with Crippen LogP contribution in [0.1, 0.15) is 65.2 Å². The molecule has 0 spiro atoms. The Hall–Kier alpha value is -0.440. The molecule has 0 heteroatoms. The Morgan fingerprint density at radius 2 is 1.54 bits per heavy atom. The Balaban J connectivity index is 2.91. The van der Waals surface area contributed by atoms with Crippen LogP contribution in [-0.2, 0) is 0 Å². The molecular formula is C13H23. The molecule has 0 aromatic rings. The van der Waals surface area contributed by atoms with Crippen LogP contribution in [0.3, 0.4) is 0 Å². The lowest BCUT2D eigenvalue weighted by Crippen LogP contribution is -1.78. The van der Waals surface area contributed by atoms with E-state index in [0.717, 1.165) is 6.42 Å². The topological polar surface area (TPSA) is 0 Å². The number of hydrogen-bond donors (Lipinski definition) is 0. The number of unbranched alkanes of at least 4 members (excludes halogenated alkanes) is 7. The van der Waals surface area contributed by atoms with E-state index in [2.05, 4.69) is 18.8 Å². The Morgan fingerprint density at radius 3 is 2.15 bits per heavy atom. The first-order valence-corrected chi connectivity index (χ1v) is 5.68. The van der Waals surface area contributed by atoms with E-state index in [1.54, 1.807) is 0 Å². The molecule has 0 N–H and O–H groups in total. The predicted molar refractivity (Wildman–Crippen MR) is 60.4 cm³/mol. The van der Waals surface area contributed by atoms with E-state index in [9.17, 15) is 0 Å². The third-order valence-corrected chi connectivity index (χ3v) is 2.15. The standard InChI is InChI=1S/C13H23/c1-3-5-7-9-11-13-12-10-8-6-4-2/h3H,4,6,8-13H2,1-2H3. The van der Waals surface area contributed by atoms with E-state index in [1.165, 1.54) is 44.9 Å². The van der Waals surface area contributed by atoms with Gasteiger partial charge in [-0.3, -0.25) is 0 Å². The van der Waals surface area contributed by atoms with Crippen molar-refractivity contribution in [3.63, 3.8) is 0 Å². The van der Waals surface area contributed by atoms with Gasteiger partial charge in [0.2, 0.25) is 0 Å². The fraction of sp³-hybridized carbons (Fsp3) is 0.769. The van der Waals surface area contributed by atoms with Crippen molar-refractivity contribution < 1.29 is 0 Å². The largest absolute Gasteiger partial charge is 0.103 e. The fourth-order valence-electron chi connectivity index (χ4n) is 1.34. The van der Waals surface area contributed by atoms with Crippen molar-refractivity contribution in [1.29, 1.82) is 0 Å². The van der Waals surface area contributed by atoms with E-state index in [1.807, 2.05) is 13.3 Å². The molecule has 0 amide bonds. The zero-order chi connectivity index (χ0) is 9.78. The highest BCUT2D eigenvalue weighted by Gasteiger charge is 1.88. The Morgan fingerprint density at radius 1 is 0.923 bits per heavy atom. The summed E-state index contributed by atoms with van der Waals surface area (Å²) >= 11 is 0. The van der Waals surface area contributed by atoms with Crippen LogP contribution >= 0.6 is 0 Å². The molecule has 75 valence electrons. The van der Waals surface area contributed by atoms with Gasteiger partial charge in [0.15, 0.2) is 0 Å². The maximum atomic E-state index is 3.13. The third-order valence-electron chi connectivity index (χ3n) is 2.15. The van der Waals surface area contributed by atoms with Gasteiger partial charge in [-0.05, 0) is 6.42 Å². The lowest BCUT2D eigenvalue weighted by molar-refractivity contribution is 0.594. The van der Waals surface area contributed by atoms with Crippen LogP contribution in [0, 0.1) is 18.3 Å². The van der Waals surface area contributed by atoms with E-state index in [4.69, 9.17) is 0 Å². The van der Waals surface area contributed by atoms with Gasteiger partial charge in [0.25, 0.3) is 0 Å². The summed E-state index contributed by atoms with van der Waals surface area (Å²) in [7, 11) is 0. The lowest BCUT2D eigenvalue weighted by atomic mass is 10.1. The minimum absolute atomic E-state index is 1.08. The lowest BCUT2D eigenvalue weighted by Gasteiger charge is -1.97. The van der Waals surface area contributed by atoms with Crippen molar-refractivity contribution in [2.45, 2.75) is 65.2 Å². The Labute approximate surface area is 84.1 Å². The van der Waals surface area contributed by atoms with Gasteiger partial charge in [-0.25, -0.2) is 0 Å². The molecule has 0 aliphatic rings. The molecule has 0 aromatic heterocycles. The van der Waals surface area contributed by atoms with E-state index in [0.29, 0.717) is 0 Å². The molecular weight excluding hydrogens is 156 g/mol. The number of hydrogen-bond acceptors (Lipinski definition) is 0. The highest BCUT2D eigenvalue weighted by Crippen LogP contribution is 2.07. The van der Waals surface area contributed by atoms with Gasteiger partial charge < -0.3 is 0 Å². The first-order valence-electron chi connectivity index (χ1n) is 5.68. The summed E-state index contributed by atoms with van der Waals surface area (Å²) < 4.78 is 0. The zero-order valence-corrected chi connectivity index (χ0v) is 9.23. The molecule has 0 rings (SSSR count). The third kappa shape index (κ3) is 11.6. The second-order valence-corrected chi connectivity index (χ2v) is 3.48. The van der Waals surface area contributed by atoms with Crippen LogP contribution in [0.15, 0.2) is 0 Å². The van der Waals surface area contributed by atoms with Gasteiger partial charge in [-0.2, -0.15) is 0 Å². The molecule has 0 aromatic carbocycles. The Bertz CT molecular complexity index is 136. The molecule has 0 fully saturated rings. The maximum Gasteiger partial charge on any atom is 0.0309 e. The van der Waals surface area contributed by atoms with Crippen molar-refractivity contribution in [2.75, 3.05) is 0 Å². The molecule has 0 aliphatic carbocycles. The molecule has 0 bridgehead atoms.